The number of aliphatic imine (C=N–C) groups is 1. The van der Waals surface area contributed by atoms with Crippen molar-refractivity contribution in [2.75, 3.05) is 16.8 Å². The molecule has 1 aliphatic heterocycles. The third-order valence-corrected chi connectivity index (χ3v) is 6.66. The summed E-state index contributed by atoms with van der Waals surface area (Å²) in [6.07, 6.45) is 0. The van der Waals surface area contributed by atoms with Crippen LogP contribution >= 0.6 is 35.0 Å². The van der Waals surface area contributed by atoms with Crippen LogP contribution in [-0.2, 0) is 0 Å². The number of amides is 2. The lowest BCUT2D eigenvalue weighted by molar-refractivity contribution is -0.384. The minimum atomic E-state index is -0.433. The molecular formula is C22H16Cl2N4O3S. The maximum atomic E-state index is 13.2. The van der Waals surface area contributed by atoms with Gasteiger partial charge in [0.15, 0.2) is 5.17 Å². The van der Waals surface area contributed by atoms with Crippen molar-refractivity contribution >= 4 is 63.2 Å². The maximum Gasteiger partial charge on any atom is 0.332 e. The number of carbonyl (C=O) groups excluding carboxylic acids is 1. The number of halogens is 2. The lowest BCUT2D eigenvalue weighted by Gasteiger charge is -2.23. The van der Waals surface area contributed by atoms with Crippen LogP contribution in [0.4, 0.5) is 21.9 Å². The fraction of sp³-hybridized carbons (Fsp3) is 0.0909. The zero-order chi connectivity index (χ0) is 22.7. The van der Waals surface area contributed by atoms with Crippen LogP contribution in [-0.4, -0.2) is 22.7 Å². The van der Waals surface area contributed by atoms with Crippen molar-refractivity contribution in [2.24, 2.45) is 4.99 Å². The highest BCUT2D eigenvalue weighted by Gasteiger charge is 2.30. The van der Waals surface area contributed by atoms with Crippen molar-refractivity contribution in [3.63, 3.8) is 0 Å². The van der Waals surface area contributed by atoms with Gasteiger partial charge < -0.3 is 5.32 Å². The van der Waals surface area contributed by atoms with Gasteiger partial charge in [-0.1, -0.05) is 65.3 Å². The highest BCUT2D eigenvalue weighted by molar-refractivity contribution is 8.14. The van der Waals surface area contributed by atoms with Crippen LogP contribution in [0.3, 0.4) is 0 Å². The van der Waals surface area contributed by atoms with E-state index in [0.717, 1.165) is 5.56 Å². The number of para-hydroxylation sites is 1. The molecular weight excluding hydrogens is 471 g/mol. The molecule has 1 heterocycles. The standard InChI is InChI=1S/C22H16Cl2N4O3S/c23-18-11-8-15(12-19(18)24)26-21(29)27(16-4-2-1-3-5-16)22-25-13-20(32-22)14-6-9-17(10-7-14)28(30)31/h1-12,20H,13H2,(H,26,29)/t20-/m1/s1. The molecule has 2 amide bonds. The summed E-state index contributed by atoms with van der Waals surface area (Å²) < 4.78 is 0. The van der Waals surface area contributed by atoms with E-state index in [-0.39, 0.29) is 10.9 Å². The molecule has 7 nitrogen and oxygen atoms in total. The first kappa shape index (κ1) is 22.1. The molecule has 0 aromatic heterocycles. The highest BCUT2D eigenvalue weighted by atomic mass is 35.5. The Morgan fingerprint density at radius 2 is 1.78 bits per heavy atom. The number of hydrogen-bond donors (Lipinski definition) is 1. The molecule has 3 aromatic carbocycles. The van der Waals surface area contributed by atoms with E-state index in [4.69, 9.17) is 23.2 Å². The average molecular weight is 487 g/mol. The van der Waals surface area contributed by atoms with Crippen LogP contribution in [0.15, 0.2) is 77.8 Å². The van der Waals surface area contributed by atoms with Gasteiger partial charge in [-0.2, -0.15) is 0 Å². The van der Waals surface area contributed by atoms with Crippen molar-refractivity contribution in [2.45, 2.75) is 5.25 Å². The average Bonchev–Trinajstić information content (AvgIpc) is 3.27. The number of urea groups is 1. The number of nitro benzene ring substituents is 1. The van der Waals surface area contributed by atoms with Crippen molar-refractivity contribution in [3.8, 4) is 0 Å². The Bertz CT molecular complexity index is 1190. The number of hydrogen-bond acceptors (Lipinski definition) is 5. The SMILES string of the molecule is O=C(Nc1ccc(Cl)c(Cl)c1)N(C1=NC[C@H](c2ccc([N+](=O)[O-])cc2)S1)c1ccccc1. The number of carbonyl (C=O) groups is 1. The molecule has 3 aromatic rings. The van der Waals surface area contributed by atoms with E-state index in [1.807, 2.05) is 30.3 Å². The maximum absolute atomic E-state index is 13.2. The zero-order valence-electron chi connectivity index (χ0n) is 16.4. The summed E-state index contributed by atoms with van der Waals surface area (Å²) in [6, 6.07) is 20.0. The van der Waals surface area contributed by atoms with Crippen molar-refractivity contribution < 1.29 is 9.72 Å². The molecule has 0 fully saturated rings. The molecule has 0 aliphatic carbocycles. The number of nitro groups is 1. The zero-order valence-corrected chi connectivity index (χ0v) is 18.8. The quantitative estimate of drug-likeness (QED) is 0.324. The van der Waals surface area contributed by atoms with Gasteiger partial charge in [-0.3, -0.25) is 15.1 Å². The van der Waals surface area contributed by atoms with Gasteiger partial charge in [0.2, 0.25) is 0 Å². The van der Waals surface area contributed by atoms with E-state index in [1.54, 1.807) is 30.3 Å². The molecule has 0 saturated carbocycles. The van der Waals surface area contributed by atoms with Crippen molar-refractivity contribution in [1.82, 2.24) is 0 Å². The first-order chi connectivity index (χ1) is 15.4. The number of nitrogens with zero attached hydrogens (tertiary/aromatic N) is 3. The second-order valence-electron chi connectivity index (χ2n) is 6.81. The number of thioether (sulfide) groups is 1. The first-order valence-electron chi connectivity index (χ1n) is 9.49. The van der Waals surface area contributed by atoms with E-state index >= 15 is 0 Å². The summed E-state index contributed by atoms with van der Waals surface area (Å²) in [7, 11) is 0. The molecule has 0 saturated heterocycles. The molecule has 162 valence electrons. The van der Waals surface area contributed by atoms with Gasteiger partial charge in [0, 0.05) is 17.8 Å². The van der Waals surface area contributed by atoms with E-state index in [2.05, 4.69) is 10.3 Å². The topological polar surface area (TPSA) is 87.8 Å². The lowest BCUT2D eigenvalue weighted by atomic mass is 10.1. The monoisotopic (exact) mass is 486 g/mol. The predicted molar refractivity (Wildman–Crippen MR) is 130 cm³/mol. The van der Waals surface area contributed by atoms with Gasteiger partial charge in [0.05, 0.1) is 32.5 Å². The Kier molecular flexibility index (Phi) is 6.64. The molecule has 0 radical (unpaired) electrons. The third-order valence-electron chi connectivity index (χ3n) is 4.70. The van der Waals surface area contributed by atoms with Crippen molar-refractivity contribution in [1.29, 1.82) is 0 Å². The van der Waals surface area contributed by atoms with Gasteiger partial charge >= 0.3 is 6.03 Å². The Hall–Kier alpha value is -3.07. The molecule has 1 atom stereocenters. The summed E-state index contributed by atoms with van der Waals surface area (Å²) >= 11 is 13.5. The normalized spacial score (nSPS) is 15.2. The summed E-state index contributed by atoms with van der Waals surface area (Å²) in [5, 5.41) is 14.9. The van der Waals surface area contributed by atoms with E-state index in [9.17, 15) is 14.9 Å². The minimum absolute atomic E-state index is 0.0322. The molecule has 0 bridgehead atoms. The van der Waals surface area contributed by atoms with Gasteiger partial charge in [-0.15, -0.1) is 0 Å². The van der Waals surface area contributed by atoms with E-state index in [0.29, 0.717) is 33.1 Å². The summed E-state index contributed by atoms with van der Waals surface area (Å²) in [4.78, 5) is 29.8. The number of amidine groups is 1. The number of anilines is 2. The van der Waals surface area contributed by atoms with Crippen molar-refractivity contribution in [3.05, 3.63) is 98.5 Å². The number of non-ortho nitro benzene ring substituents is 1. The molecule has 1 N–H and O–H groups in total. The van der Waals surface area contributed by atoms with Gasteiger partial charge in [0.25, 0.3) is 5.69 Å². The molecule has 0 spiro atoms. The van der Waals surface area contributed by atoms with Crippen LogP contribution in [0.25, 0.3) is 0 Å². The fourth-order valence-electron chi connectivity index (χ4n) is 3.12. The smallest absolute Gasteiger partial charge is 0.307 e. The summed E-state index contributed by atoms with van der Waals surface area (Å²) in [6.45, 7) is 0.446. The second kappa shape index (κ2) is 9.60. The fourth-order valence-corrected chi connectivity index (χ4v) is 4.55. The molecule has 4 rings (SSSR count). The summed E-state index contributed by atoms with van der Waals surface area (Å²) in [5.74, 6) is 0. The Balaban J connectivity index is 1.56. The summed E-state index contributed by atoms with van der Waals surface area (Å²) in [5.41, 5.74) is 2.09. The molecule has 0 unspecified atom stereocenters. The Morgan fingerprint density at radius 3 is 2.44 bits per heavy atom. The van der Waals surface area contributed by atoms with Gasteiger partial charge in [0.1, 0.15) is 0 Å². The largest absolute Gasteiger partial charge is 0.332 e. The third kappa shape index (κ3) is 4.88. The molecule has 1 aliphatic rings. The Morgan fingerprint density at radius 1 is 1.06 bits per heavy atom. The lowest BCUT2D eigenvalue weighted by Crippen LogP contribution is -2.38. The first-order valence-corrected chi connectivity index (χ1v) is 11.1. The van der Waals surface area contributed by atoms with E-state index < -0.39 is 11.0 Å². The van der Waals surface area contributed by atoms with E-state index in [1.165, 1.54) is 28.8 Å². The highest BCUT2D eigenvalue weighted by Crippen LogP contribution is 2.38. The van der Waals surface area contributed by atoms with Gasteiger partial charge in [-0.25, -0.2) is 9.69 Å². The van der Waals surface area contributed by atoms with Crippen LogP contribution in [0.2, 0.25) is 10.0 Å². The second-order valence-corrected chi connectivity index (χ2v) is 8.79. The van der Waals surface area contributed by atoms with Crippen LogP contribution in [0.1, 0.15) is 10.8 Å². The van der Waals surface area contributed by atoms with Crippen LogP contribution in [0.5, 0.6) is 0 Å². The Labute approximate surface area is 198 Å². The number of rotatable bonds is 4. The number of nitrogens with one attached hydrogen (secondary N) is 1. The van der Waals surface area contributed by atoms with Gasteiger partial charge in [-0.05, 0) is 35.9 Å². The molecule has 10 heteroatoms. The number of benzene rings is 3. The van der Waals surface area contributed by atoms with Crippen LogP contribution < -0.4 is 10.2 Å². The molecule has 32 heavy (non-hydrogen) atoms. The van der Waals surface area contributed by atoms with Crippen LogP contribution in [0, 0.1) is 10.1 Å². The minimum Gasteiger partial charge on any atom is -0.307 e. The predicted octanol–water partition coefficient (Wildman–Crippen LogP) is 6.78.